The number of thioether (sulfide) groups is 1. The molecule has 2 amide bonds. The fraction of sp³-hybridized carbons (Fsp3) is 0.370. The van der Waals surface area contributed by atoms with E-state index in [1.54, 1.807) is 11.8 Å². The first kappa shape index (κ1) is 23.3. The molecule has 4 aliphatic rings. The summed E-state index contributed by atoms with van der Waals surface area (Å²) in [5.41, 5.74) is 1.29. The van der Waals surface area contributed by atoms with Crippen LogP contribution in [0.4, 0.5) is 18.9 Å². The first-order valence-electron chi connectivity index (χ1n) is 12.1. The third-order valence-corrected chi connectivity index (χ3v) is 11.2. The summed E-state index contributed by atoms with van der Waals surface area (Å²) in [5.74, 6) is -2.11. The van der Waals surface area contributed by atoms with E-state index in [-0.39, 0.29) is 39.5 Å². The zero-order chi connectivity index (χ0) is 25.8. The number of aryl methyl sites for hydroxylation is 1. The second-order valence-electron chi connectivity index (χ2n) is 10.4. The molecule has 190 valence electrons. The predicted molar refractivity (Wildman–Crippen MR) is 134 cm³/mol. The van der Waals surface area contributed by atoms with E-state index < -0.39 is 35.4 Å². The molecule has 1 aromatic heterocycles. The minimum absolute atomic E-state index is 0.0206. The lowest BCUT2D eigenvalue weighted by Crippen LogP contribution is -2.42. The van der Waals surface area contributed by atoms with Crippen molar-refractivity contribution >= 4 is 40.6 Å². The van der Waals surface area contributed by atoms with Crippen LogP contribution in [0.1, 0.15) is 33.9 Å². The van der Waals surface area contributed by atoms with Gasteiger partial charge in [-0.1, -0.05) is 47.2 Å². The molecule has 2 aliphatic carbocycles. The summed E-state index contributed by atoms with van der Waals surface area (Å²) >= 11 is 2.79. The molecule has 3 heterocycles. The standard InChI is InChI=1S/C27H21F3N2O3S2/c1-11-5-7-12(8-6-11)17-18-15-10-16(21(18)36-23-22(17)37-26(35)31-23)20-19(15)24(33)32(25(20)34)14-4-2-3-13(9-14)27(28,29)30/h2-9,15-21H,10H2,1H3,(H,31,35)/t15-,16+,17+,18+,19+,20+,21-/m0/s1. The summed E-state index contributed by atoms with van der Waals surface area (Å²) in [7, 11) is 0. The molecule has 3 aromatic rings. The second-order valence-corrected chi connectivity index (χ2v) is 12.6. The number of thiazole rings is 1. The highest BCUT2D eigenvalue weighted by molar-refractivity contribution is 8.00. The summed E-state index contributed by atoms with van der Waals surface area (Å²) in [6, 6.07) is 12.7. The van der Waals surface area contributed by atoms with Crippen molar-refractivity contribution < 1.29 is 22.8 Å². The van der Waals surface area contributed by atoms with Crippen molar-refractivity contribution in [1.29, 1.82) is 0 Å². The lowest BCUT2D eigenvalue weighted by molar-refractivity contribution is -0.137. The average molecular weight is 543 g/mol. The van der Waals surface area contributed by atoms with Crippen molar-refractivity contribution in [1.82, 2.24) is 4.98 Å². The van der Waals surface area contributed by atoms with Gasteiger partial charge in [0.05, 0.1) is 28.1 Å². The van der Waals surface area contributed by atoms with Crippen LogP contribution in [0.2, 0.25) is 0 Å². The number of alkyl halides is 3. The van der Waals surface area contributed by atoms with Gasteiger partial charge in [0.25, 0.3) is 0 Å². The van der Waals surface area contributed by atoms with Crippen molar-refractivity contribution in [3.63, 3.8) is 0 Å². The first-order chi connectivity index (χ1) is 17.6. The number of aromatic amines is 1. The van der Waals surface area contributed by atoms with E-state index in [0.29, 0.717) is 0 Å². The number of nitrogens with zero attached hydrogens (tertiary/aromatic N) is 1. The molecular weight excluding hydrogens is 521 g/mol. The van der Waals surface area contributed by atoms with Crippen molar-refractivity contribution in [3.05, 3.63) is 79.8 Å². The van der Waals surface area contributed by atoms with E-state index in [1.165, 1.54) is 23.5 Å². The zero-order valence-corrected chi connectivity index (χ0v) is 21.1. The van der Waals surface area contributed by atoms with Gasteiger partial charge < -0.3 is 4.98 Å². The predicted octanol–water partition coefficient (Wildman–Crippen LogP) is 5.44. The minimum atomic E-state index is -4.57. The molecule has 1 saturated heterocycles. The Morgan fingerprint density at radius 3 is 2.38 bits per heavy atom. The first-order valence-corrected chi connectivity index (χ1v) is 13.8. The molecule has 2 saturated carbocycles. The molecule has 37 heavy (non-hydrogen) atoms. The van der Waals surface area contributed by atoms with Crippen LogP contribution in [-0.4, -0.2) is 22.0 Å². The Kier molecular flexibility index (Phi) is 4.93. The van der Waals surface area contributed by atoms with E-state index >= 15 is 0 Å². The number of nitrogens with one attached hydrogen (secondary N) is 1. The lowest BCUT2D eigenvalue weighted by Gasteiger charge is -2.43. The van der Waals surface area contributed by atoms with Crippen LogP contribution in [0, 0.1) is 36.5 Å². The monoisotopic (exact) mass is 542 g/mol. The summed E-state index contributed by atoms with van der Waals surface area (Å²) in [6.45, 7) is 2.01. The van der Waals surface area contributed by atoms with Crippen LogP contribution in [0.25, 0.3) is 0 Å². The molecule has 2 aliphatic heterocycles. The maximum atomic E-state index is 13.7. The quantitative estimate of drug-likeness (QED) is 0.438. The highest BCUT2D eigenvalue weighted by Crippen LogP contribution is 2.68. The fourth-order valence-electron chi connectivity index (χ4n) is 7.24. The van der Waals surface area contributed by atoms with Crippen molar-refractivity contribution in [2.45, 2.75) is 35.7 Å². The SMILES string of the molecule is Cc1ccc([C@H]2c3sc(=O)[nH]c3S[C@H]3[C@@H]4C[C@H]([C@H]5C(=O)N(c6cccc(C(F)(F)F)c6)C(=O)[C@H]45)[C@H]23)cc1. The van der Waals surface area contributed by atoms with Crippen LogP contribution in [0.15, 0.2) is 58.4 Å². The number of imide groups is 1. The molecule has 2 bridgehead atoms. The summed E-state index contributed by atoms with van der Waals surface area (Å²) in [4.78, 5) is 44.5. The summed E-state index contributed by atoms with van der Waals surface area (Å²) in [5, 5.41) is 0.867. The van der Waals surface area contributed by atoms with E-state index in [4.69, 9.17) is 0 Å². The highest BCUT2D eigenvalue weighted by Gasteiger charge is 2.69. The number of rotatable bonds is 2. The maximum absolute atomic E-state index is 13.7. The van der Waals surface area contributed by atoms with E-state index in [0.717, 1.165) is 44.5 Å². The number of fused-ring (bicyclic) bond motifs is 9. The largest absolute Gasteiger partial charge is 0.416 e. The van der Waals surface area contributed by atoms with Gasteiger partial charge in [-0.15, -0.1) is 11.8 Å². The normalized spacial score (nSPS) is 32.0. The van der Waals surface area contributed by atoms with Crippen LogP contribution in [0.5, 0.6) is 0 Å². The lowest BCUT2D eigenvalue weighted by atomic mass is 9.68. The van der Waals surface area contributed by atoms with Gasteiger partial charge >= 0.3 is 11.0 Å². The van der Waals surface area contributed by atoms with Crippen molar-refractivity contribution in [2.75, 3.05) is 4.90 Å². The molecule has 0 radical (unpaired) electrons. The molecular formula is C27H21F3N2O3S2. The van der Waals surface area contributed by atoms with Crippen LogP contribution < -0.4 is 9.77 Å². The van der Waals surface area contributed by atoms with Gasteiger partial charge in [0.15, 0.2) is 0 Å². The van der Waals surface area contributed by atoms with Gasteiger partial charge in [0.2, 0.25) is 11.8 Å². The van der Waals surface area contributed by atoms with Gasteiger partial charge in [0, 0.05) is 16.0 Å². The summed E-state index contributed by atoms with van der Waals surface area (Å²) < 4.78 is 40.1. The number of amides is 2. The molecule has 0 spiro atoms. The minimum Gasteiger partial charge on any atom is -0.307 e. The molecule has 7 rings (SSSR count). The van der Waals surface area contributed by atoms with Gasteiger partial charge in [0.1, 0.15) is 0 Å². The summed E-state index contributed by atoms with van der Waals surface area (Å²) in [6.07, 6.45) is -3.84. The van der Waals surface area contributed by atoms with Gasteiger partial charge in [-0.25, -0.2) is 0 Å². The van der Waals surface area contributed by atoms with Crippen LogP contribution in [-0.2, 0) is 15.8 Å². The molecule has 5 nitrogen and oxygen atoms in total. The molecule has 7 atom stereocenters. The Balaban J connectivity index is 1.30. The molecule has 2 aromatic carbocycles. The third-order valence-electron chi connectivity index (χ3n) is 8.59. The van der Waals surface area contributed by atoms with Crippen molar-refractivity contribution in [2.24, 2.45) is 29.6 Å². The number of anilines is 1. The Morgan fingerprint density at radius 2 is 1.68 bits per heavy atom. The Hall–Kier alpha value is -2.85. The number of hydrogen-bond donors (Lipinski definition) is 1. The van der Waals surface area contributed by atoms with Gasteiger partial charge in [-0.2, -0.15) is 13.2 Å². The molecule has 0 unspecified atom stereocenters. The fourth-order valence-corrected chi connectivity index (χ4v) is 10.1. The van der Waals surface area contributed by atoms with Crippen molar-refractivity contribution in [3.8, 4) is 0 Å². The number of H-pyrrole nitrogens is 1. The Labute approximate surface area is 218 Å². The Bertz CT molecular complexity index is 1510. The molecule has 10 heteroatoms. The van der Waals surface area contributed by atoms with E-state index in [9.17, 15) is 27.6 Å². The number of benzene rings is 2. The maximum Gasteiger partial charge on any atom is 0.416 e. The van der Waals surface area contributed by atoms with Gasteiger partial charge in [-0.05, 0) is 54.9 Å². The average Bonchev–Trinajstić information content (AvgIpc) is 3.58. The van der Waals surface area contributed by atoms with Crippen LogP contribution in [0.3, 0.4) is 0 Å². The number of carbonyl (C=O) groups is 2. The van der Waals surface area contributed by atoms with Gasteiger partial charge in [-0.3, -0.25) is 19.3 Å². The van der Waals surface area contributed by atoms with E-state index in [1.807, 2.05) is 19.1 Å². The Morgan fingerprint density at radius 1 is 0.973 bits per heavy atom. The smallest absolute Gasteiger partial charge is 0.307 e. The van der Waals surface area contributed by atoms with Crippen LogP contribution >= 0.6 is 23.1 Å². The molecule has 1 N–H and O–H groups in total. The second kappa shape index (κ2) is 7.83. The number of aromatic nitrogens is 1. The highest BCUT2D eigenvalue weighted by atomic mass is 32.2. The number of carbonyl (C=O) groups excluding carboxylic acids is 2. The number of hydrogen-bond acceptors (Lipinski definition) is 5. The van der Waals surface area contributed by atoms with E-state index in [2.05, 4.69) is 17.1 Å². The zero-order valence-electron chi connectivity index (χ0n) is 19.5. The topological polar surface area (TPSA) is 70.2 Å². The molecule has 3 fully saturated rings. The third kappa shape index (κ3) is 3.27. The number of halogens is 3.